The van der Waals surface area contributed by atoms with E-state index in [1.54, 1.807) is 6.07 Å². The molecule has 2 aromatic heterocycles. The summed E-state index contributed by atoms with van der Waals surface area (Å²) in [5, 5.41) is 7.86. The molecule has 78 valence electrons. The zero-order valence-electron chi connectivity index (χ0n) is 8.43. The van der Waals surface area contributed by atoms with Crippen molar-refractivity contribution in [1.82, 2.24) is 10.2 Å². The largest absolute Gasteiger partial charge is 0.420 e. The van der Waals surface area contributed by atoms with Crippen molar-refractivity contribution >= 4 is 17.6 Å². The number of aldehydes is 1. The van der Waals surface area contributed by atoms with E-state index in [9.17, 15) is 4.79 Å². The molecule has 4 nitrogen and oxygen atoms in total. The Bertz CT molecular complexity index is 473. The number of carbonyl (C=O) groups excluding carboxylic acids is 1. The van der Waals surface area contributed by atoms with Gasteiger partial charge >= 0.3 is 0 Å². The SMILES string of the molecule is CC(C)c1nnc(-c2ccc(C=O)s2)o1. The van der Waals surface area contributed by atoms with Crippen molar-refractivity contribution in [3.8, 4) is 10.8 Å². The second-order valence-corrected chi connectivity index (χ2v) is 4.54. The molecule has 0 N–H and O–H groups in total. The van der Waals surface area contributed by atoms with Gasteiger partial charge in [-0.2, -0.15) is 0 Å². The smallest absolute Gasteiger partial charge is 0.257 e. The minimum atomic E-state index is 0.219. The third-order valence-corrected chi connectivity index (χ3v) is 2.89. The van der Waals surface area contributed by atoms with E-state index >= 15 is 0 Å². The molecule has 5 heteroatoms. The van der Waals surface area contributed by atoms with Gasteiger partial charge in [-0.25, -0.2) is 0 Å². The van der Waals surface area contributed by atoms with Gasteiger partial charge in [0.05, 0.1) is 9.75 Å². The number of thiophene rings is 1. The molecule has 2 rings (SSSR count). The fourth-order valence-corrected chi connectivity index (χ4v) is 1.84. The normalized spacial score (nSPS) is 10.9. The van der Waals surface area contributed by atoms with Crippen molar-refractivity contribution in [2.75, 3.05) is 0 Å². The van der Waals surface area contributed by atoms with E-state index in [1.165, 1.54) is 11.3 Å². The Morgan fingerprint density at radius 1 is 1.40 bits per heavy atom. The van der Waals surface area contributed by atoms with Crippen LogP contribution < -0.4 is 0 Å². The van der Waals surface area contributed by atoms with Crippen molar-refractivity contribution in [2.24, 2.45) is 0 Å². The number of hydrogen-bond donors (Lipinski definition) is 0. The minimum Gasteiger partial charge on any atom is -0.420 e. The average Bonchev–Trinajstić information content (AvgIpc) is 2.86. The lowest BCUT2D eigenvalue weighted by atomic mass is 10.2. The van der Waals surface area contributed by atoms with E-state index < -0.39 is 0 Å². The van der Waals surface area contributed by atoms with Crippen LogP contribution in [-0.2, 0) is 0 Å². The molecular weight excluding hydrogens is 212 g/mol. The molecule has 0 aliphatic heterocycles. The average molecular weight is 222 g/mol. The lowest BCUT2D eigenvalue weighted by molar-refractivity contribution is 0.112. The predicted octanol–water partition coefficient (Wildman–Crippen LogP) is 2.73. The highest BCUT2D eigenvalue weighted by Gasteiger charge is 2.12. The third-order valence-electron chi connectivity index (χ3n) is 1.89. The molecule has 0 atom stereocenters. The molecular formula is C10H10N2O2S. The van der Waals surface area contributed by atoms with E-state index in [0.29, 0.717) is 16.7 Å². The molecule has 0 unspecified atom stereocenters. The fraction of sp³-hybridized carbons (Fsp3) is 0.300. The highest BCUT2D eigenvalue weighted by molar-refractivity contribution is 7.16. The summed E-state index contributed by atoms with van der Waals surface area (Å²) in [7, 11) is 0. The lowest BCUT2D eigenvalue weighted by Crippen LogP contribution is -1.85. The summed E-state index contributed by atoms with van der Waals surface area (Å²) < 4.78 is 5.46. The van der Waals surface area contributed by atoms with Crippen molar-refractivity contribution in [1.29, 1.82) is 0 Å². The van der Waals surface area contributed by atoms with Crippen LogP contribution in [0.3, 0.4) is 0 Å². The van der Waals surface area contributed by atoms with Gasteiger partial charge in [-0.1, -0.05) is 13.8 Å². The van der Waals surface area contributed by atoms with Crippen LogP contribution in [0.25, 0.3) is 10.8 Å². The molecule has 0 aliphatic carbocycles. The molecule has 0 spiro atoms. The van der Waals surface area contributed by atoms with Crippen molar-refractivity contribution in [2.45, 2.75) is 19.8 Å². The molecule has 0 bridgehead atoms. The Kier molecular flexibility index (Phi) is 2.64. The Balaban J connectivity index is 2.32. The summed E-state index contributed by atoms with van der Waals surface area (Å²) in [4.78, 5) is 12.0. The molecule has 2 aromatic rings. The molecule has 0 saturated heterocycles. The Labute approximate surface area is 91.0 Å². The Hall–Kier alpha value is -1.49. The fourth-order valence-electron chi connectivity index (χ4n) is 1.10. The van der Waals surface area contributed by atoms with Gasteiger partial charge in [0.25, 0.3) is 5.89 Å². The van der Waals surface area contributed by atoms with E-state index in [4.69, 9.17) is 4.42 Å². The van der Waals surface area contributed by atoms with Crippen LogP contribution >= 0.6 is 11.3 Å². The molecule has 0 aromatic carbocycles. The summed E-state index contributed by atoms with van der Waals surface area (Å²) >= 11 is 1.35. The topological polar surface area (TPSA) is 56.0 Å². The Morgan fingerprint density at radius 3 is 2.73 bits per heavy atom. The number of carbonyl (C=O) groups is 1. The van der Waals surface area contributed by atoms with Gasteiger partial charge < -0.3 is 4.42 Å². The molecule has 2 heterocycles. The van der Waals surface area contributed by atoms with Gasteiger partial charge in [0.2, 0.25) is 5.89 Å². The standard InChI is InChI=1S/C10H10N2O2S/c1-6(2)9-11-12-10(14-9)8-4-3-7(5-13)15-8/h3-6H,1-2H3. The van der Waals surface area contributed by atoms with Gasteiger partial charge in [0, 0.05) is 5.92 Å². The van der Waals surface area contributed by atoms with Crippen LogP contribution in [0.5, 0.6) is 0 Å². The van der Waals surface area contributed by atoms with Gasteiger partial charge in [-0.3, -0.25) is 4.79 Å². The van der Waals surface area contributed by atoms with Crippen LogP contribution in [-0.4, -0.2) is 16.5 Å². The van der Waals surface area contributed by atoms with E-state index in [1.807, 2.05) is 19.9 Å². The minimum absolute atomic E-state index is 0.219. The van der Waals surface area contributed by atoms with Crippen molar-refractivity contribution < 1.29 is 9.21 Å². The molecule has 0 radical (unpaired) electrons. The molecule has 0 fully saturated rings. The van der Waals surface area contributed by atoms with Crippen LogP contribution in [0.1, 0.15) is 35.3 Å². The van der Waals surface area contributed by atoms with Crippen LogP contribution in [0, 0.1) is 0 Å². The quantitative estimate of drug-likeness (QED) is 0.749. The van der Waals surface area contributed by atoms with E-state index in [0.717, 1.165) is 11.2 Å². The third kappa shape index (κ3) is 1.97. The first-order valence-corrected chi connectivity index (χ1v) is 5.41. The summed E-state index contributed by atoms with van der Waals surface area (Å²) in [6.07, 6.45) is 0.813. The van der Waals surface area contributed by atoms with E-state index in [2.05, 4.69) is 10.2 Å². The van der Waals surface area contributed by atoms with Crippen LogP contribution in [0.2, 0.25) is 0 Å². The van der Waals surface area contributed by atoms with Gasteiger partial charge in [-0.15, -0.1) is 21.5 Å². The number of nitrogens with zero attached hydrogens (tertiary/aromatic N) is 2. The lowest BCUT2D eigenvalue weighted by Gasteiger charge is -1.93. The van der Waals surface area contributed by atoms with Gasteiger partial charge in [0.15, 0.2) is 6.29 Å². The summed E-state index contributed by atoms with van der Waals surface area (Å²) in [5.74, 6) is 1.32. The second kappa shape index (κ2) is 3.94. The van der Waals surface area contributed by atoms with Crippen LogP contribution in [0.15, 0.2) is 16.5 Å². The zero-order valence-corrected chi connectivity index (χ0v) is 9.25. The van der Waals surface area contributed by atoms with Gasteiger partial charge in [0.1, 0.15) is 0 Å². The maximum absolute atomic E-state index is 10.5. The predicted molar refractivity (Wildman–Crippen MR) is 57.1 cm³/mol. The maximum atomic E-state index is 10.5. The first kappa shape index (κ1) is 10.0. The van der Waals surface area contributed by atoms with Crippen molar-refractivity contribution in [3.63, 3.8) is 0 Å². The number of hydrogen-bond acceptors (Lipinski definition) is 5. The summed E-state index contributed by atoms with van der Waals surface area (Å²) in [6.45, 7) is 3.98. The second-order valence-electron chi connectivity index (χ2n) is 3.42. The number of rotatable bonds is 3. The van der Waals surface area contributed by atoms with Crippen LogP contribution in [0.4, 0.5) is 0 Å². The molecule has 0 aliphatic rings. The monoisotopic (exact) mass is 222 g/mol. The van der Waals surface area contributed by atoms with E-state index in [-0.39, 0.29) is 5.92 Å². The van der Waals surface area contributed by atoms with Gasteiger partial charge in [-0.05, 0) is 12.1 Å². The summed E-state index contributed by atoms with van der Waals surface area (Å²) in [6, 6.07) is 3.55. The molecule has 0 saturated carbocycles. The Morgan fingerprint density at radius 2 is 2.20 bits per heavy atom. The summed E-state index contributed by atoms with van der Waals surface area (Å²) in [5.41, 5.74) is 0. The first-order chi connectivity index (χ1) is 7.20. The highest BCUT2D eigenvalue weighted by Crippen LogP contribution is 2.27. The number of aromatic nitrogens is 2. The highest BCUT2D eigenvalue weighted by atomic mass is 32.1. The molecule has 15 heavy (non-hydrogen) atoms. The first-order valence-electron chi connectivity index (χ1n) is 4.59. The molecule has 0 amide bonds. The maximum Gasteiger partial charge on any atom is 0.257 e. The van der Waals surface area contributed by atoms with Crippen molar-refractivity contribution in [3.05, 3.63) is 22.9 Å². The zero-order chi connectivity index (χ0) is 10.8.